The molecule has 3 amide bonds. The van der Waals surface area contributed by atoms with Crippen molar-refractivity contribution in [2.45, 2.75) is 70.1 Å². The number of aromatic nitrogens is 5. The molecular formula is C38H45F4N10O10PS2. The lowest BCUT2D eigenvalue weighted by Crippen LogP contribution is -2.39. The highest BCUT2D eigenvalue weighted by atomic mass is 32.2. The van der Waals surface area contributed by atoms with Crippen molar-refractivity contribution in [3.63, 3.8) is 0 Å². The Morgan fingerprint density at radius 3 is 2.54 bits per heavy atom. The molecule has 4 aromatic rings. The second-order valence-electron chi connectivity index (χ2n) is 15.1. The molecule has 0 spiro atoms. The number of anilines is 2. The first-order valence-corrected chi connectivity index (χ1v) is 23.6. The number of methoxy groups -OCH3 is 1. The fourth-order valence-corrected chi connectivity index (χ4v) is 8.60. The van der Waals surface area contributed by atoms with E-state index in [-0.39, 0.29) is 66.1 Å². The lowest BCUT2D eigenvalue weighted by atomic mass is 9.92. The molecule has 2 aliphatic rings. The Balaban J connectivity index is 0.000000233. The first kappa shape index (κ1) is 51.6. The van der Waals surface area contributed by atoms with Gasteiger partial charge in [0.1, 0.15) is 29.1 Å². The second kappa shape index (κ2) is 21.3. The van der Waals surface area contributed by atoms with Crippen LogP contribution >= 0.6 is 18.9 Å². The van der Waals surface area contributed by atoms with Crippen molar-refractivity contribution in [2.75, 3.05) is 43.3 Å². The number of halogens is 4. The third-order valence-electron chi connectivity index (χ3n) is 8.91. The number of urea groups is 1. The maximum Gasteiger partial charge on any atom is 0.389 e. The van der Waals surface area contributed by atoms with Gasteiger partial charge in [0, 0.05) is 49.8 Å². The van der Waals surface area contributed by atoms with E-state index in [0.717, 1.165) is 24.9 Å². The van der Waals surface area contributed by atoms with Gasteiger partial charge in [0.25, 0.3) is 15.9 Å². The number of ether oxygens (including phenoxy) is 2. The van der Waals surface area contributed by atoms with Gasteiger partial charge >= 0.3 is 24.2 Å². The highest BCUT2D eigenvalue weighted by Gasteiger charge is 2.32. The number of rotatable bonds is 12. The van der Waals surface area contributed by atoms with Gasteiger partial charge in [0.2, 0.25) is 10.7 Å². The minimum absolute atomic E-state index is 0.0412. The molecule has 20 nitrogen and oxygen atoms in total. The quantitative estimate of drug-likeness (QED) is 0.0758. The smallest absolute Gasteiger partial charge is 0.389 e. The van der Waals surface area contributed by atoms with Gasteiger partial charge in [-0.2, -0.15) is 32.5 Å². The molecule has 2 aromatic carbocycles. The van der Waals surface area contributed by atoms with E-state index in [9.17, 15) is 44.9 Å². The summed E-state index contributed by atoms with van der Waals surface area (Å²) in [6, 6.07) is 5.53. The maximum absolute atomic E-state index is 14.5. The molecule has 6 rings (SSSR count). The first-order valence-electron chi connectivity index (χ1n) is 19.0. The number of carboxylic acid groups (broad SMARTS) is 1. The summed E-state index contributed by atoms with van der Waals surface area (Å²) in [7, 11) is -6.25. The van der Waals surface area contributed by atoms with Gasteiger partial charge in [-0.1, -0.05) is 38.0 Å². The largest absolute Gasteiger partial charge is 0.481 e. The summed E-state index contributed by atoms with van der Waals surface area (Å²) in [6.07, 6.45) is 0.0208. The number of hydrogen-bond acceptors (Lipinski definition) is 15. The number of carboxylic acids is 1. The van der Waals surface area contributed by atoms with Crippen molar-refractivity contribution < 1.29 is 64.4 Å². The molecule has 0 radical (unpaired) electrons. The molecule has 2 unspecified atom stereocenters. The molecule has 2 aromatic heterocycles. The van der Waals surface area contributed by atoms with Crippen molar-refractivity contribution in [1.82, 2.24) is 28.6 Å². The van der Waals surface area contributed by atoms with Gasteiger partial charge < -0.3 is 29.8 Å². The van der Waals surface area contributed by atoms with Crippen LogP contribution < -0.4 is 34.9 Å². The zero-order valence-electron chi connectivity index (χ0n) is 35.4. The number of carbonyl (C=O) groups is 3. The number of amides is 3. The van der Waals surface area contributed by atoms with Crippen LogP contribution in [-0.2, 0) is 43.6 Å². The number of carbonyl (C=O) groups excluding carboxylic acids is 2. The Morgan fingerprint density at radius 1 is 1.22 bits per heavy atom. The van der Waals surface area contributed by atoms with Gasteiger partial charge in [-0.15, -0.1) is 6.42 Å². The van der Waals surface area contributed by atoms with Gasteiger partial charge in [-0.25, -0.2) is 27.3 Å². The van der Waals surface area contributed by atoms with Crippen molar-refractivity contribution in [3.05, 3.63) is 64.2 Å². The summed E-state index contributed by atoms with van der Waals surface area (Å²) >= 11 is 1.24. The summed E-state index contributed by atoms with van der Waals surface area (Å²) in [6.45, 7) is 7.74. The minimum atomic E-state index is -4.45. The normalized spacial score (nSPS) is 15.6. The molecule has 0 aliphatic carbocycles. The molecule has 0 saturated carbocycles. The minimum Gasteiger partial charge on any atom is -0.481 e. The van der Waals surface area contributed by atoms with Crippen LogP contribution in [0.1, 0.15) is 43.9 Å². The summed E-state index contributed by atoms with van der Waals surface area (Å²) < 4.78 is 106. The molecule has 0 bridgehead atoms. The van der Waals surface area contributed by atoms with Crippen LogP contribution in [0.2, 0.25) is 0 Å². The number of benzene rings is 2. The average Bonchev–Trinajstić information content (AvgIpc) is 3.71. The van der Waals surface area contributed by atoms with Crippen molar-refractivity contribution >= 4 is 64.2 Å². The Bertz CT molecular complexity index is 2690. The van der Waals surface area contributed by atoms with Crippen LogP contribution in [0.15, 0.2) is 46.3 Å². The number of sulfonamides is 1. The highest BCUT2D eigenvalue weighted by molar-refractivity contribution is 7.90. The Morgan fingerprint density at radius 2 is 1.91 bits per heavy atom. The van der Waals surface area contributed by atoms with Crippen LogP contribution in [-0.4, -0.2) is 106 Å². The number of nitrogens with one attached hydrogen (secondary N) is 2. The molecule has 65 heavy (non-hydrogen) atoms. The van der Waals surface area contributed by atoms with Crippen LogP contribution in [0, 0.1) is 30.5 Å². The fourth-order valence-electron chi connectivity index (χ4n) is 5.91. The Hall–Kier alpha value is -6.00. The molecule has 4 heterocycles. The molecule has 27 heteroatoms. The van der Waals surface area contributed by atoms with E-state index in [2.05, 4.69) is 49.4 Å². The number of nitrogens with zero attached hydrogens (tertiary/aromatic N) is 7. The summed E-state index contributed by atoms with van der Waals surface area (Å²) in [5.41, 5.74) is 5.70. The third kappa shape index (κ3) is 15.3. The van der Waals surface area contributed by atoms with Crippen molar-refractivity contribution in [1.29, 1.82) is 0 Å². The van der Waals surface area contributed by atoms with Crippen molar-refractivity contribution in [3.8, 4) is 24.1 Å². The summed E-state index contributed by atoms with van der Waals surface area (Å²) in [4.78, 5) is 60.4. The number of fused-ring (bicyclic) bond motifs is 2. The van der Waals surface area contributed by atoms with Crippen LogP contribution in [0.3, 0.4) is 0 Å². The number of aliphatic carboxylic acids is 1. The number of aryl methyl sites for hydroxylation is 2. The zero-order chi connectivity index (χ0) is 48.5. The van der Waals surface area contributed by atoms with E-state index in [1.807, 2.05) is 4.57 Å². The van der Waals surface area contributed by atoms with E-state index in [4.69, 9.17) is 31.6 Å². The summed E-state index contributed by atoms with van der Waals surface area (Å²) in [5.74, 6) is 1.73. The lowest BCUT2D eigenvalue weighted by molar-refractivity contribution is -0.138. The average molecular weight is 973 g/mol. The number of alkyl halides is 3. The molecule has 0 saturated heterocycles. The SMILES string of the molecule is C#CCN1C(=O)COc2cc(F)c(N=c3snc4n3CC(C)(C)C4)cc21.COc1nc(C)nc(NC(=O)NS(=O)(=O)c2ccccc2CCC(F)(F)F)n1.CP(=O)(O)CCC(N)C(=O)O. The number of nitrogens with two attached hydrogens (primary N) is 1. The molecule has 2 aliphatic heterocycles. The van der Waals surface area contributed by atoms with Gasteiger partial charge in [0.05, 0.1) is 24.2 Å². The van der Waals surface area contributed by atoms with Crippen LogP contribution in [0.5, 0.6) is 11.8 Å². The summed E-state index contributed by atoms with van der Waals surface area (Å²) in [5, 5.41) is 10.4. The Labute approximate surface area is 374 Å². The van der Waals surface area contributed by atoms with Gasteiger partial charge in [-0.3, -0.25) is 24.4 Å². The van der Waals surface area contributed by atoms with E-state index >= 15 is 0 Å². The second-order valence-corrected chi connectivity index (χ2v) is 20.1. The van der Waals surface area contributed by atoms with E-state index < -0.39 is 65.2 Å². The number of terminal acetylenes is 1. The van der Waals surface area contributed by atoms with E-state index in [1.165, 1.54) is 67.5 Å². The highest BCUT2D eigenvalue weighted by Crippen LogP contribution is 2.38. The Kier molecular flexibility index (Phi) is 16.9. The predicted molar refractivity (Wildman–Crippen MR) is 228 cm³/mol. The van der Waals surface area contributed by atoms with E-state index in [0.29, 0.717) is 16.2 Å². The van der Waals surface area contributed by atoms with E-state index in [1.54, 1.807) is 4.72 Å². The van der Waals surface area contributed by atoms with Gasteiger partial charge in [-0.05, 0) is 42.9 Å². The number of hydrogen-bond donors (Lipinski definition) is 5. The topological polar surface area (TPSA) is 284 Å². The lowest BCUT2D eigenvalue weighted by Gasteiger charge is -2.28. The van der Waals surface area contributed by atoms with Crippen LogP contribution in [0.25, 0.3) is 0 Å². The third-order valence-corrected chi connectivity index (χ3v) is 12.2. The van der Waals surface area contributed by atoms with Gasteiger partial charge in [0.15, 0.2) is 19.8 Å². The van der Waals surface area contributed by atoms with Crippen molar-refractivity contribution in [2.24, 2.45) is 16.1 Å². The molecule has 352 valence electrons. The maximum atomic E-state index is 14.5. The molecule has 6 N–H and O–H groups in total. The monoisotopic (exact) mass is 972 g/mol. The molecular weight excluding hydrogens is 928 g/mol. The molecule has 0 fully saturated rings. The molecule has 2 atom stereocenters. The predicted octanol–water partition coefficient (Wildman–Crippen LogP) is 4.14. The first-order chi connectivity index (χ1) is 30.2. The fraction of sp³-hybridized carbons (Fsp3) is 0.421. The zero-order valence-corrected chi connectivity index (χ0v) is 37.9. The standard InChI is InChI=1S/C18H17FN4O2S.C15H16F3N5O4S.C5H12NO4P/c1-4-5-22-13-7-12(11(19)6-14(13)25-9-16(22)24)20-17-23-10-18(2,3)8-15(23)21-26-17;1-9-19-12(22-14(20-9)27-2)21-13(24)23-28(25,26)11-6-4-3-5-10(11)7-8-15(16,17)18;1-11(9,10)3-2-4(6)5(7)8/h1,6-7H,5,8-10H2,2-3H3;3-6H,7-8H2,1-2H3,(H2,19,20,21,22,23,24);4H,2-3,6H2,1H3,(H,7,8)(H,9,10). The van der Waals surface area contributed by atoms with Crippen LogP contribution in [0.4, 0.5) is 39.7 Å².